The summed E-state index contributed by atoms with van der Waals surface area (Å²) in [6.07, 6.45) is 4.13. The van der Waals surface area contributed by atoms with Crippen LogP contribution < -0.4 is 9.64 Å². The van der Waals surface area contributed by atoms with Crippen LogP contribution in [0.25, 0.3) is 32.8 Å². The number of rotatable bonds is 15. The predicted molar refractivity (Wildman–Crippen MR) is 211 cm³/mol. The Hall–Kier alpha value is -5.12. The highest BCUT2D eigenvalue weighted by atomic mass is 16.5. The van der Waals surface area contributed by atoms with Crippen LogP contribution in [0.15, 0.2) is 84.9 Å². The fourth-order valence-corrected chi connectivity index (χ4v) is 7.88. The van der Waals surface area contributed by atoms with Crippen LogP contribution in [0.5, 0.6) is 5.75 Å². The molecule has 0 bridgehead atoms. The van der Waals surface area contributed by atoms with Crippen LogP contribution in [0.4, 0.5) is 5.69 Å². The Labute approximate surface area is 311 Å². The summed E-state index contributed by atoms with van der Waals surface area (Å²) in [5.74, 6) is 0.543. The van der Waals surface area contributed by atoms with Crippen molar-refractivity contribution >= 4 is 33.3 Å². The minimum Gasteiger partial charge on any atom is -0.493 e. The van der Waals surface area contributed by atoms with Crippen molar-refractivity contribution in [3.8, 4) is 16.9 Å². The van der Waals surface area contributed by atoms with E-state index < -0.39 is 0 Å². The first-order chi connectivity index (χ1) is 26.0. The second-order valence-corrected chi connectivity index (χ2v) is 13.7. The Morgan fingerprint density at radius 2 is 1.64 bits per heavy atom. The van der Waals surface area contributed by atoms with Gasteiger partial charge in [-0.15, -0.1) is 0 Å². The van der Waals surface area contributed by atoms with Gasteiger partial charge in [-0.05, 0) is 80.7 Å². The molecule has 1 N–H and O–H groups in total. The third-order valence-electron chi connectivity index (χ3n) is 10.4. The summed E-state index contributed by atoms with van der Waals surface area (Å²) in [5, 5.41) is 18.4. The number of anilines is 1. The van der Waals surface area contributed by atoms with Crippen LogP contribution in [0.1, 0.15) is 59.2 Å². The van der Waals surface area contributed by atoms with Crippen LogP contribution in [0.2, 0.25) is 0 Å². The number of morpholine rings is 1. The smallest absolute Gasteiger partial charge is 0.355 e. The van der Waals surface area contributed by atoms with Gasteiger partial charge in [0.25, 0.3) is 0 Å². The van der Waals surface area contributed by atoms with Gasteiger partial charge in [0.05, 0.1) is 49.9 Å². The van der Waals surface area contributed by atoms with Gasteiger partial charge in [0.1, 0.15) is 11.4 Å². The summed E-state index contributed by atoms with van der Waals surface area (Å²) in [6, 6.07) is 29.5. The van der Waals surface area contributed by atoms with E-state index in [2.05, 4.69) is 69.2 Å². The molecule has 1 aliphatic heterocycles. The second-order valence-electron chi connectivity index (χ2n) is 13.7. The number of ether oxygens (including phenoxy) is 3. The number of fused-ring (bicyclic) bond motifs is 2. The van der Waals surface area contributed by atoms with Gasteiger partial charge in [0.15, 0.2) is 0 Å². The summed E-state index contributed by atoms with van der Waals surface area (Å²) in [4.78, 5) is 16.3. The minimum atomic E-state index is -0.316. The molecule has 1 saturated heterocycles. The van der Waals surface area contributed by atoms with Crippen molar-refractivity contribution in [2.75, 3.05) is 44.4 Å². The molecule has 3 heterocycles. The van der Waals surface area contributed by atoms with Crippen molar-refractivity contribution in [2.45, 2.75) is 59.1 Å². The van der Waals surface area contributed by atoms with E-state index in [0.717, 1.165) is 101 Å². The molecule has 1 fully saturated rings. The van der Waals surface area contributed by atoms with Crippen LogP contribution in [0, 0.1) is 6.92 Å². The number of para-hydroxylation sites is 1. The summed E-state index contributed by atoms with van der Waals surface area (Å²) in [5.41, 5.74) is 8.52. The lowest BCUT2D eigenvalue weighted by molar-refractivity contribution is 0.0512. The van der Waals surface area contributed by atoms with Gasteiger partial charge in [0, 0.05) is 54.3 Å². The number of aromatic nitrogens is 3. The number of unbranched alkanes of at least 4 members (excludes halogenated alkanes) is 1. The van der Waals surface area contributed by atoms with E-state index in [1.54, 1.807) is 4.68 Å². The summed E-state index contributed by atoms with van der Waals surface area (Å²) >= 11 is 0. The third-order valence-corrected chi connectivity index (χ3v) is 10.4. The fourth-order valence-electron chi connectivity index (χ4n) is 7.88. The summed E-state index contributed by atoms with van der Waals surface area (Å²) in [7, 11) is 1.86. The molecule has 6 aromatic rings. The van der Waals surface area contributed by atoms with E-state index >= 15 is 0 Å². The highest BCUT2D eigenvalue weighted by Crippen LogP contribution is 2.39. The van der Waals surface area contributed by atoms with Crippen molar-refractivity contribution in [3.63, 3.8) is 0 Å². The highest BCUT2D eigenvalue weighted by molar-refractivity contribution is 6.05. The van der Waals surface area contributed by atoms with Gasteiger partial charge in [-0.1, -0.05) is 66.7 Å². The number of aliphatic hydroxyl groups is 1. The first kappa shape index (κ1) is 36.2. The zero-order valence-corrected chi connectivity index (χ0v) is 31.1. The number of carbonyl (C=O) groups is 1. The average molecular weight is 715 g/mol. The van der Waals surface area contributed by atoms with Gasteiger partial charge < -0.3 is 28.8 Å². The molecular formula is C44H50N4O5. The van der Waals surface area contributed by atoms with Gasteiger partial charge in [-0.3, -0.25) is 4.68 Å². The maximum atomic E-state index is 14.0. The Balaban J connectivity index is 1.19. The topological polar surface area (TPSA) is 91.0 Å². The molecule has 9 nitrogen and oxygen atoms in total. The van der Waals surface area contributed by atoms with Crippen molar-refractivity contribution in [1.29, 1.82) is 0 Å². The summed E-state index contributed by atoms with van der Waals surface area (Å²) < 4.78 is 21.6. The number of aliphatic hydroxyl groups excluding tert-OH is 1. The molecule has 4 aromatic carbocycles. The molecule has 7 rings (SSSR count). The fraction of sp³-hybridized carbons (Fsp3) is 0.364. The van der Waals surface area contributed by atoms with Gasteiger partial charge in [-0.25, -0.2) is 4.79 Å². The first-order valence-electron chi connectivity index (χ1n) is 19.0. The standard InChI is InChI=1S/C44H50N4O5/c1-4-52-44(50)43-37(18-11-27-53-40-19-9-14-33-13-5-6-15-35(33)40)36-16-10-17-38(41-31(2)45-46(3)39(41)30-49)42(36)48(43)24-8-7-12-32-20-22-34(23-21-32)47-25-28-51-29-26-47/h5-6,9-10,13-17,19-23,49H,4,7-8,11-12,18,24-30H2,1-3H3. The predicted octanol–water partition coefficient (Wildman–Crippen LogP) is 8.04. The van der Waals surface area contributed by atoms with Crippen LogP contribution in [-0.2, 0) is 42.5 Å². The SMILES string of the molecule is CCOC(=O)c1c(CCCOc2cccc3ccccc23)c2cccc(-c3c(C)nn(C)c3CO)c2n1CCCCc1ccc(N2CCOCC2)cc1. The number of hydrogen-bond donors (Lipinski definition) is 1. The quantitative estimate of drug-likeness (QED) is 0.0851. The minimum absolute atomic E-state index is 0.142. The van der Waals surface area contributed by atoms with Gasteiger partial charge in [0.2, 0.25) is 0 Å². The third kappa shape index (κ3) is 7.68. The maximum absolute atomic E-state index is 14.0. The maximum Gasteiger partial charge on any atom is 0.355 e. The van der Waals surface area contributed by atoms with Crippen LogP contribution in [-0.4, -0.2) is 64.9 Å². The molecule has 276 valence electrons. The van der Waals surface area contributed by atoms with Crippen molar-refractivity contribution in [3.05, 3.63) is 113 Å². The molecule has 9 heteroatoms. The molecule has 0 atom stereocenters. The lowest BCUT2D eigenvalue weighted by Crippen LogP contribution is -2.36. The monoisotopic (exact) mass is 714 g/mol. The van der Waals surface area contributed by atoms with E-state index in [9.17, 15) is 9.90 Å². The lowest BCUT2D eigenvalue weighted by atomic mass is 9.98. The van der Waals surface area contributed by atoms with Gasteiger partial charge >= 0.3 is 5.97 Å². The number of carbonyl (C=O) groups excluding carboxylic acids is 1. The molecule has 2 aromatic heterocycles. The van der Waals surface area contributed by atoms with Crippen LogP contribution >= 0.6 is 0 Å². The average Bonchev–Trinajstić information content (AvgIpc) is 3.67. The van der Waals surface area contributed by atoms with Crippen molar-refractivity contribution in [2.24, 2.45) is 7.05 Å². The molecule has 0 aliphatic carbocycles. The molecule has 53 heavy (non-hydrogen) atoms. The number of nitrogens with zero attached hydrogens (tertiary/aromatic N) is 4. The largest absolute Gasteiger partial charge is 0.493 e. The van der Waals surface area contributed by atoms with E-state index in [4.69, 9.17) is 14.2 Å². The van der Waals surface area contributed by atoms with E-state index in [-0.39, 0.29) is 19.2 Å². The van der Waals surface area contributed by atoms with Crippen LogP contribution in [0.3, 0.4) is 0 Å². The molecule has 0 unspecified atom stereocenters. The second kappa shape index (κ2) is 16.7. The Morgan fingerprint density at radius 3 is 2.43 bits per heavy atom. The number of aryl methyl sites for hydroxylation is 5. The molecule has 0 radical (unpaired) electrons. The Kier molecular flexibility index (Phi) is 11.4. The zero-order chi connectivity index (χ0) is 36.7. The van der Waals surface area contributed by atoms with Crippen molar-refractivity contribution in [1.82, 2.24) is 14.3 Å². The first-order valence-corrected chi connectivity index (χ1v) is 19.0. The van der Waals surface area contributed by atoms with Crippen molar-refractivity contribution < 1.29 is 24.1 Å². The molecule has 0 spiro atoms. The molecule has 0 saturated carbocycles. The lowest BCUT2D eigenvalue weighted by Gasteiger charge is -2.28. The van der Waals surface area contributed by atoms with E-state index in [1.807, 2.05) is 51.2 Å². The Morgan fingerprint density at radius 1 is 0.887 bits per heavy atom. The normalized spacial score (nSPS) is 13.2. The zero-order valence-electron chi connectivity index (χ0n) is 31.1. The van der Waals surface area contributed by atoms with Gasteiger partial charge in [-0.2, -0.15) is 5.10 Å². The van der Waals surface area contributed by atoms with E-state index in [1.165, 1.54) is 11.3 Å². The molecular weight excluding hydrogens is 665 g/mol. The number of hydrogen-bond acceptors (Lipinski definition) is 7. The Bertz CT molecular complexity index is 2170. The highest BCUT2D eigenvalue weighted by Gasteiger charge is 2.27. The molecule has 1 aliphatic rings. The van der Waals surface area contributed by atoms with E-state index in [0.29, 0.717) is 31.7 Å². The molecule has 0 amide bonds. The number of benzene rings is 4. The summed E-state index contributed by atoms with van der Waals surface area (Å²) in [6.45, 7) is 8.51. The number of esters is 1.